The number of fused-ring (bicyclic) bond motifs is 1. The molecule has 4 rings (SSSR count). The molecule has 7 heteroatoms. The van der Waals surface area contributed by atoms with Crippen molar-refractivity contribution >= 4 is 28.8 Å². The number of amidine groups is 1. The molecule has 1 amide bonds. The number of likely N-dealkylation sites (tertiary alicyclic amines) is 1. The molecule has 1 saturated heterocycles. The van der Waals surface area contributed by atoms with E-state index >= 15 is 0 Å². The fraction of sp³-hybridized carbons (Fsp3) is 0.435. The normalized spacial score (nSPS) is 20.9. The molecule has 30 heavy (non-hydrogen) atoms. The largest absolute Gasteiger partial charge is 0.466 e. The monoisotopic (exact) mass is 425 g/mol. The van der Waals surface area contributed by atoms with Gasteiger partial charge in [-0.2, -0.15) is 0 Å². The summed E-state index contributed by atoms with van der Waals surface area (Å²) in [5.41, 5.74) is 5.35. The number of methoxy groups -OCH3 is 1. The Bertz CT molecular complexity index is 989. The first-order chi connectivity index (χ1) is 14.4. The third-order valence-electron chi connectivity index (χ3n) is 5.92. The zero-order valence-electron chi connectivity index (χ0n) is 17.9. The van der Waals surface area contributed by atoms with Gasteiger partial charge >= 0.3 is 5.97 Å². The molecule has 1 atom stereocenters. The Balaban J connectivity index is 1.75. The van der Waals surface area contributed by atoms with Crippen LogP contribution in [0.4, 0.5) is 0 Å². The van der Waals surface area contributed by atoms with Gasteiger partial charge in [-0.3, -0.25) is 4.79 Å². The van der Waals surface area contributed by atoms with Gasteiger partial charge in [0.25, 0.3) is 0 Å². The zero-order chi connectivity index (χ0) is 21.4. The number of esters is 1. The highest BCUT2D eigenvalue weighted by molar-refractivity contribution is 8.16. The molecule has 0 bridgehead atoms. The first kappa shape index (κ1) is 20.7. The summed E-state index contributed by atoms with van der Waals surface area (Å²) in [5.74, 6) is -0.256. The number of hydrogen-bond acceptors (Lipinski definition) is 6. The summed E-state index contributed by atoms with van der Waals surface area (Å²) < 4.78 is 5.13. The first-order valence-corrected chi connectivity index (χ1v) is 11.2. The predicted molar refractivity (Wildman–Crippen MR) is 119 cm³/mol. The van der Waals surface area contributed by atoms with E-state index in [9.17, 15) is 9.59 Å². The third kappa shape index (κ3) is 3.67. The molecule has 158 valence electrons. The highest BCUT2D eigenvalue weighted by Gasteiger charge is 2.41. The van der Waals surface area contributed by atoms with Crippen LogP contribution in [0, 0.1) is 13.8 Å². The minimum atomic E-state index is -0.387. The number of allylic oxidation sites excluding steroid dienone is 1. The molecule has 0 aliphatic carbocycles. The number of ether oxygens (including phenoxy) is 1. The summed E-state index contributed by atoms with van der Waals surface area (Å²) in [7, 11) is 1.40. The fourth-order valence-electron chi connectivity index (χ4n) is 4.40. The predicted octanol–water partition coefficient (Wildman–Crippen LogP) is 4.06. The van der Waals surface area contributed by atoms with E-state index in [4.69, 9.17) is 4.74 Å². The van der Waals surface area contributed by atoms with Crippen molar-refractivity contribution in [3.63, 3.8) is 0 Å². The highest BCUT2D eigenvalue weighted by atomic mass is 32.2. The van der Waals surface area contributed by atoms with Crippen molar-refractivity contribution in [3.8, 4) is 0 Å². The quantitative estimate of drug-likeness (QED) is 0.681. The number of thioether (sulfide) groups is 1. The van der Waals surface area contributed by atoms with Gasteiger partial charge in [-0.25, -0.2) is 9.79 Å². The minimum Gasteiger partial charge on any atom is -0.466 e. The Labute approximate surface area is 181 Å². The summed E-state index contributed by atoms with van der Waals surface area (Å²) in [6.07, 6.45) is 2.44. The van der Waals surface area contributed by atoms with E-state index < -0.39 is 0 Å². The molecule has 0 N–H and O–H groups in total. The van der Waals surface area contributed by atoms with E-state index in [-0.39, 0.29) is 17.9 Å². The average molecular weight is 426 g/mol. The van der Waals surface area contributed by atoms with Crippen LogP contribution >= 0.6 is 11.8 Å². The van der Waals surface area contributed by atoms with Crippen molar-refractivity contribution in [3.05, 3.63) is 57.3 Å². The van der Waals surface area contributed by atoms with Crippen LogP contribution in [0.15, 0.2) is 45.6 Å². The Kier molecular flexibility index (Phi) is 5.73. The van der Waals surface area contributed by atoms with Gasteiger partial charge in [-0.05, 0) is 50.1 Å². The molecule has 1 aromatic carbocycles. The van der Waals surface area contributed by atoms with Crippen LogP contribution in [-0.2, 0) is 14.3 Å². The third-order valence-corrected chi connectivity index (χ3v) is 6.81. The summed E-state index contributed by atoms with van der Waals surface area (Å²) in [6, 6.07) is 5.88. The Morgan fingerprint density at radius 1 is 1.20 bits per heavy atom. The molecule has 0 spiro atoms. The second-order valence-electron chi connectivity index (χ2n) is 8.01. The van der Waals surface area contributed by atoms with Gasteiger partial charge in [-0.1, -0.05) is 35.5 Å². The Morgan fingerprint density at radius 3 is 2.60 bits per heavy atom. The van der Waals surface area contributed by atoms with Crippen LogP contribution in [-0.4, -0.2) is 47.0 Å². The highest BCUT2D eigenvalue weighted by Crippen LogP contribution is 2.45. The van der Waals surface area contributed by atoms with Crippen molar-refractivity contribution in [2.24, 2.45) is 4.99 Å². The maximum absolute atomic E-state index is 12.9. The van der Waals surface area contributed by atoms with Gasteiger partial charge in [0.1, 0.15) is 0 Å². The number of benzene rings is 1. The Hall–Kier alpha value is -2.54. The molecule has 0 radical (unpaired) electrons. The number of nitrogens with zero attached hydrogens (tertiary/aromatic N) is 3. The lowest BCUT2D eigenvalue weighted by molar-refractivity contribution is -0.136. The van der Waals surface area contributed by atoms with Crippen LogP contribution in [0.3, 0.4) is 0 Å². The number of carbonyl (C=O) groups excluding carboxylic acids is 2. The molecular formula is C23H27N3O3S. The number of rotatable bonds is 4. The number of aliphatic imine (C=N–C) groups is 1. The second-order valence-corrected chi connectivity index (χ2v) is 8.85. The summed E-state index contributed by atoms with van der Waals surface area (Å²) in [6.45, 7) is 7.61. The lowest BCUT2D eigenvalue weighted by atomic mass is 9.90. The molecule has 0 aromatic heterocycles. The van der Waals surface area contributed by atoms with Crippen molar-refractivity contribution < 1.29 is 14.3 Å². The van der Waals surface area contributed by atoms with Crippen LogP contribution in [0.1, 0.15) is 48.9 Å². The van der Waals surface area contributed by atoms with Gasteiger partial charge in [0.15, 0.2) is 5.17 Å². The number of aryl methyl sites for hydroxylation is 2. The van der Waals surface area contributed by atoms with Gasteiger partial charge in [0.2, 0.25) is 5.91 Å². The van der Waals surface area contributed by atoms with Crippen molar-refractivity contribution in [1.82, 2.24) is 9.80 Å². The van der Waals surface area contributed by atoms with E-state index in [1.807, 2.05) is 17.2 Å². The van der Waals surface area contributed by atoms with Crippen molar-refractivity contribution in [2.45, 2.75) is 46.1 Å². The summed E-state index contributed by atoms with van der Waals surface area (Å²) >= 11 is 1.51. The molecule has 1 aromatic rings. The SMILES string of the molecule is COC(=O)C1=C(C)N=C2SC=C(CC(=O)N3CCCC3)N2C1c1ccc(C)cc1C. The van der Waals surface area contributed by atoms with E-state index in [1.54, 1.807) is 0 Å². The lowest BCUT2D eigenvalue weighted by Crippen LogP contribution is -2.38. The molecule has 6 nitrogen and oxygen atoms in total. The Morgan fingerprint density at radius 2 is 1.93 bits per heavy atom. The standard InChI is InChI=1S/C23H27N3O3S/c1-14-7-8-18(15(2)11-14)21-20(22(28)29-4)16(3)24-23-26(21)17(13-30-23)12-19(27)25-9-5-6-10-25/h7-8,11,13,21H,5-6,9-10,12H2,1-4H3. The van der Waals surface area contributed by atoms with Gasteiger partial charge < -0.3 is 14.5 Å². The van der Waals surface area contributed by atoms with Crippen molar-refractivity contribution in [1.29, 1.82) is 0 Å². The molecule has 1 unspecified atom stereocenters. The topological polar surface area (TPSA) is 62.2 Å². The second kappa shape index (κ2) is 8.30. The average Bonchev–Trinajstić information content (AvgIpc) is 3.37. The van der Waals surface area contributed by atoms with Crippen LogP contribution in [0.25, 0.3) is 0 Å². The summed E-state index contributed by atoms with van der Waals surface area (Å²) in [4.78, 5) is 34.3. The van der Waals surface area contributed by atoms with E-state index in [2.05, 4.69) is 41.9 Å². The molecule has 3 aliphatic heterocycles. The molecule has 0 saturated carbocycles. The maximum Gasteiger partial charge on any atom is 0.338 e. The van der Waals surface area contributed by atoms with Crippen LogP contribution in [0.2, 0.25) is 0 Å². The van der Waals surface area contributed by atoms with Gasteiger partial charge in [-0.15, -0.1) is 0 Å². The first-order valence-electron chi connectivity index (χ1n) is 10.3. The zero-order valence-corrected chi connectivity index (χ0v) is 18.7. The van der Waals surface area contributed by atoms with E-state index in [0.717, 1.165) is 53.5 Å². The van der Waals surface area contributed by atoms with E-state index in [0.29, 0.717) is 17.7 Å². The molecular weight excluding hydrogens is 398 g/mol. The molecule has 1 fully saturated rings. The lowest BCUT2D eigenvalue weighted by Gasteiger charge is -2.37. The minimum absolute atomic E-state index is 0.130. The van der Waals surface area contributed by atoms with Gasteiger partial charge in [0, 0.05) is 18.8 Å². The number of hydrogen-bond donors (Lipinski definition) is 0. The van der Waals surface area contributed by atoms with Crippen LogP contribution in [0.5, 0.6) is 0 Å². The molecule has 3 aliphatic rings. The van der Waals surface area contributed by atoms with E-state index in [1.165, 1.54) is 18.9 Å². The maximum atomic E-state index is 12.9. The number of amides is 1. The van der Waals surface area contributed by atoms with Crippen molar-refractivity contribution in [2.75, 3.05) is 20.2 Å². The van der Waals surface area contributed by atoms with Gasteiger partial charge in [0.05, 0.1) is 30.8 Å². The molecule has 3 heterocycles. The van der Waals surface area contributed by atoms with Crippen LogP contribution < -0.4 is 0 Å². The fourth-order valence-corrected chi connectivity index (χ4v) is 5.36. The number of carbonyl (C=O) groups is 2. The smallest absolute Gasteiger partial charge is 0.338 e. The summed E-state index contributed by atoms with van der Waals surface area (Å²) in [5, 5.41) is 2.80.